The van der Waals surface area contributed by atoms with Crippen LogP contribution >= 0.6 is 0 Å². The van der Waals surface area contributed by atoms with Crippen molar-refractivity contribution in [3.8, 4) is 0 Å². The van der Waals surface area contributed by atoms with E-state index in [0.717, 1.165) is 31.2 Å². The van der Waals surface area contributed by atoms with Gasteiger partial charge in [0.1, 0.15) is 6.61 Å². The normalized spacial score (nSPS) is 22.5. The number of hydrogen-bond donors (Lipinski definition) is 0. The summed E-state index contributed by atoms with van der Waals surface area (Å²) >= 11 is 0. The lowest BCUT2D eigenvalue weighted by Crippen LogP contribution is -2.43. The summed E-state index contributed by atoms with van der Waals surface area (Å²) in [5, 5.41) is 0. The molecular formula is C20H25NO2. The first-order valence-electron chi connectivity index (χ1n) is 8.45. The van der Waals surface area contributed by atoms with Crippen LogP contribution in [0.1, 0.15) is 45.1 Å². The van der Waals surface area contributed by atoms with E-state index in [0.29, 0.717) is 12.6 Å². The lowest BCUT2D eigenvalue weighted by molar-refractivity contribution is 0.0816. The van der Waals surface area contributed by atoms with E-state index in [9.17, 15) is 4.79 Å². The van der Waals surface area contributed by atoms with E-state index in [1.807, 2.05) is 35.2 Å². The summed E-state index contributed by atoms with van der Waals surface area (Å²) in [5.41, 5.74) is 3.85. The number of rotatable bonds is 4. The van der Waals surface area contributed by atoms with Crippen LogP contribution in [0.2, 0.25) is 0 Å². The highest BCUT2D eigenvalue weighted by Gasteiger charge is 2.40. The summed E-state index contributed by atoms with van der Waals surface area (Å²) in [6.07, 6.45) is 8.53. The van der Waals surface area contributed by atoms with Crippen molar-refractivity contribution in [2.75, 3.05) is 0 Å². The largest absolute Gasteiger partial charge is 0.445 e. The van der Waals surface area contributed by atoms with Gasteiger partial charge < -0.3 is 4.74 Å². The van der Waals surface area contributed by atoms with Gasteiger partial charge in [0.15, 0.2) is 0 Å². The van der Waals surface area contributed by atoms with Crippen LogP contribution in [0.25, 0.3) is 0 Å². The Hall–Kier alpha value is -2.03. The fourth-order valence-electron chi connectivity index (χ4n) is 3.48. The van der Waals surface area contributed by atoms with Gasteiger partial charge in [-0.2, -0.15) is 0 Å². The first-order chi connectivity index (χ1) is 11.1. The maximum Gasteiger partial charge on any atom is 0.410 e. The maximum absolute atomic E-state index is 12.5. The minimum absolute atomic E-state index is 0.168. The topological polar surface area (TPSA) is 29.5 Å². The predicted octanol–water partition coefficient (Wildman–Crippen LogP) is 4.84. The molecule has 0 spiro atoms. The summed E-state index contributed by atoms with van der Waals surface area (Å²) < 4.78 is 5.53. The Morgan fingerprint density at radius 3 is 2.74 bits per heavy atom. The van der Waals surface area contributed by atoms with Gasteiger partial charge in [0, 0.05) is 6.04 Å². The second-order valence-electron chi connectivity index (χ2n) is 6.76. The van der Waals surface area contributed by atoms with E-state index in [2.05, 4.69) is 26.0 Å². The molecule has 3 rings (SSSR count). The molecule has 23 heavy (non-hydrogen) atoms. The lowest BCUT2D eigenvalue weighted by atomic mass is 9.98. The molecule has 1 aromatic carbocycles. The zero-order chi connectivity index (χ0) is 16.2. The summed E-state index contributed by atoms with van der Waals surface area (Å²) in [5.74, 6) is 0. The Bertz CT molecular complexity index is 614. The summed E-state index contributed by atoms with van der Waals surface area (Å²) in [6, 6.07) is 10.4. The lowest BCUT2D eigenvalue weighted by Gasteiger charge is -2.33. The number of hydrogen-bond acceptors (Lipinski definition) is 2. The van der Waals surface area contributed by atoms with E-state index in [1.54, 1.807) is 0 Å². The van der Waals surface area contributed by atoms with Crippen molar-refractivity contribution in [1.29, 1.82) is 0 Å². The molecule has 3 heteroatoms. The fourth-order valence-corrected chi connectivity index (χ4v) is 3.48. The van der Waals surface area contributed by atoms with Gasteiger partial charge in [0.2, 0.25) is 0 Å². The highest BCUT2D eigenvalue weighted by molar-refractivity contribution is 5.70. The molecule has 0 N–H and O–H groups in total. The van der Waals surface area contributed by atoms with Gasteiger partial charge in [-0.1, -0.05) is 53.6 Å². The molecule has 2 aliphatic heterocycles. The van der Waals surface area contributed by atoms with Crippen LogP contribution in [0.15, 0.2) is 53.6 Å². The highest BCUT2D eigenvalue weighted by Crippen LogP contribution is 2.36. The second-order valence-corrected chi connectivity index (χ2v) is 6.76. The molecule has 0 saturated carbocycles. The molecule has 1 fully saturated rings. The van der Waals surface area contributed by atoms with Crippen molar-refractivity contribution >= 4 is 6.09 Å². The van der Waals surface area contributed by atoms with Gasteiger partial charge in [0.25, 0.3) is 0 Å². The number of fused-ring (bicyclic) bond motifs is 2. The molecule has 1 amide bonds. The molecule has 3 nitrogen and oxygen atoms in total. The predicted molar refractivity (Wildman–Crippen MR) is 92.0 cm³/mol. The van der Waals surface area contributed by atoms with E-state index in [1.165, 1.54) is 11.1 Å². The quantitative estimate of drug-likeness (QED) is 0.744. The van der Waals surface area contributed by atoms with Crippen molar-refractivity contribution in [2.24, 2.45) is 0 Å². The third-order valence-electron chi connectivity index (χ3n) is 4.66. The molecule has 1 saturated heterocycles. The van der Waals surface area contributed by atoms with Crippen LogP contribution < -0.4 is 0 Å². The first kappa shape index (κ1) is 15.9. The molecule has 2 unspecified atom stereocenters. The number of carbonyl (C=O) groups is 1. The number of amides is 1. The van der Waals surface area contributed by atoms with Crippen molar-refractivity contribution in [3.63, 3.8) is 0 Å². The van der Waals surface area contributed by atoms with Crippen molar-refractivity contribution in [3.05, 3.63) is 59.2 Å². The second kappa shape index (κ2) is 7.03. The minimum atomic E-state index is -0.168. The first-order valence-corrected chi connectivity index (χ1v) is 8.45. The Labute approximate surface area is 138 Å². The Kier molecular flexibility index (Phi) is 4.85. The molecule has 2 bridgehead atoms. The number of ether oxygens (including phenoxy) is 1. The zero-order valence-corrected chi connectivity index (χ0v) is 14.0. The van der Waals surface area contributed by atoms with Crippen LogP contribution in [0.4, 0.5) is 4.79 Å². The maximum atomic E-state index is 12.5. The smallest absolute Gasteiger partial charge is 0.410 e. The number of benzene rings is 1. The Balaban J connectivity index is 1.61. The van der Waals surface area contributed by atoms with E-state index in [-0.39, 0.29) is 12.1 Å². The molecule has 122 valence electrons. The van der Waals surface area contributed by atoms with E-state index in [4.69, 9.17) is 4.74 Å². The fraction of sp³-hybridized carbons (Fsp3) is 0.450. The molecule has 2 atom stereocenters. The highest BCUT2D eigenvalue weighted by atomic mass is 16.6. The van der Waals surface area contributed by atoms with Gasteiger partial charge in [0.05, 0.1) is 6.04 Å². The van der Waals surface area contributed by atoms with Gasteiger partial charge in [-0.15, -0.1) is 0 Å². The molecule has 0 radical (unpaired) electrons. The van der Waals surface area contributed by atoms with Crippen LogP contribution in [0.3, 0.4) is 0 Å². The number of carbonyl (C=O) groups excluding carboxylic acids is 1. The van der Waals surface area contributed by atoms with Crippen LogP contribution in [0, 0.1) is 0 Å². The number of nitrogens with zero attached hydrogens (tertiary/aromatic N) is 1. The van der Waals surface area contributed by atoms with Gasteiger partial charge in [-0.05, 0) is 45.1 Å². The zero-order valence-electron chi connectivity index (χ0n) is 14.0. The van der Waals surface area contributed by atoms with Gasteiger partial charge in [-0.3, -0.25) is 4.90 Å². The monoisotopic (exact) mass is 311 g/mol. The van der Waals surface area contributed by atoms with Crippen LogP contribution in [0.5, 0.6) is 0 Å². The van der Waals surface area contributed by atoms with Crippen molar-refractivity contribution in [1.82, 2.24) is 4.90 Å². The SMILES string of the molecule is CC(C)=CCC1=CC2CCC(C1)N2C(=O)OCc1ccccc1. The molecular weight excluding hydrogens is 286 g/mol. The van der Waals surface area contributed by atoms with E-state index >= 15 is 0 Å². The van der Waals surface area contributed by atoms with E-state index < -0.39 is 0 Å². The van der Waals surface area contributed by atoms with Crippen molar-refractivity contribution < 1.29 is 9.53 Å². The summed E-state index contributed by atoms with van der Waals surface area (Å²) in [7, 11) is 0. The van der Waals surface area contributed by atoms with Gasteiger partial charge in [-0.25, -0.2) is 4.79 Å². The average Bonchev–Trinajstić information content (AvgIpc) is 2.82. The molecule has 2 heterocycles. The number of allylic oxidation sites excluding steroid dienone is 2. The van der Waals surface area contributed by atoms with Crippen LogP contribution in [-0.4, -0.2) is 23.1 Å². The summed E-state index contributed by atoms with van der Waals surface area (Å²) in [6.45, 7) is 4.61. The van der Waals surface area contributed by atoms with Crippen molar-refractivity contribution in [2.45, 2.75) is 58.2 Å². The molecule has 2 aliphatic rings. The molecule has 0 aliphatic carbocycles. The van der Waals surface area contributed by atoms with Gasteiger partial charge >= 0.3 is 6.09 Å². The Morgan fingerprint density at radius 2 is 2.04 bits per heavy atom. The molecule has 0 aromatic heterocycles. The standard InChI is InChI=1S/C20H25NO2/c1-15(2)8-9-17-12-18-10-11-19(13-17)21(18)20(22)23-14-16-6-4-3-5-7-16/h3-8,12,18-19H,9-11,13-14H2,1-2H3. The average molecular weight is 311 g/mol. The summed E-state index contributed by atoms with van der Waals surface area (Å²) in [4.78, 5) is 14.4. The molecule has 1 aromatic rings. The third kappa shape index (κ3) is 3.84. The third-order valence-corrected chi connectivity index (χ3v) is 4.66. The minimum Gasteiger partial charge on any atom is -0.445 e. The Morgan fingerprint density at radius 1 is 1.26 bits per heavy atom. The van der Waals surface area contributed by atoms with Crippen LogP contribution in [-0.2, 0) is 11.3 Å².